The Kier molecular flexibility index (Phi) is 4.88. The molecule has 2 rings (SSSR count). The number of carbonyl (C=O) groups excluding carboxylic acids is 1. The van der Waals surface area contributed by atoms with Crippen LogP contribution >= 0.6 is 15.9 Å². The molecule has 3 N–H and O–H groups in total. The van der Waals surface area contributed by atoms with E-state index in [0.29, 0.717) is 11.4 Å². The summed E-state index contributed by atoms with van der Waals surface area (Å²) in [5.74, 6) is -1.01. The Bertz CT molecular complexity index is 658. The lowest BCUT2D eigenvalue weighted by atomic mass is 10.3. The van der Waals surface area contributed by atoms with Crippen molar-refractivity contribution in [2.75, 3.05) is 5.32 Å². The van der Waals surface area contributed by atoms with E-state index in [9.17, 15) is 9.59 Å². The predicted octanol–water partition coefficient (Wildman–Crippen LogP) is 1.45. The number of aromatic nitrogens is 3. The van der Waals surface area contributed by atoms with E-state index in [1.54, 1.807) is 12.1 Å². The van der Waals surface area contributed by atoms with Gasteiger partial charge in [0.2, 0.25) is 0 Å². The zero-order valence-corrected chi connectivity index (χ0v) is 12.4. The minimum absolute atomic E-state index is 0.149. The number of carboxylic acids is 1. The third-order valence-electron chi connectivity index (χ3n) is 2.44. The molecule has 8 nitrogen and oxygen atoms in total. The van der Waals surface area contributed by atoms with Crippen LogP contribution in [0, 0.1) is 0 Å². The van der Waals surface area contributed by atoms with Gasteiger partial charge in [-0.1, -0.05) is 17.3 Å². The van der Waals surface area contributed by atoms with Gasteiger partial charge in [0.05, 0.1) is 18.4 Å². The molecule has 0 bridgehead atoms. The van der Waals surface area contributed by atoms with E-state index >= 15 is 0 Å². The zero-order valence-electron chi connectivity index (χ0n) is 10.8. The number of rotatable bonds is 5. The van der Waals surface area contributed by atoms with Crippen molar-refractivity contribution in [1.82, 2.24) is 20.3 Å². The summed E-state index contributed by atoms with van der Waals surface area (Å²) in [7, 11) is 0. The van der Waals surface area contributed by atoms with Gasteiger partial charge in [-0.3, -0.25) is 4.79 Å². The number of para-hydroxylation sites is 1. The van der Waals surface area contributed by atoms with Crippen LogP contribution in [0.4, 0.5) is 10.5 Å². The fourth-order valence-electron chi connectivity index (χ4n) is 1.54. The Hall–Kier alpha value is -2.42. The second-order valence-electron chi connectivity index (χ2n) is 4.09. The fraction of sp³-hybridized carbons (Fsp3) is 0.167. The quantitative estimate of drug-likeness (QED) is 0.753. The molecule has 0 fully saturated rings. The summed E-state index contributed by atoms with van der Waals surface area (Å²) in [6.45, 7) is -0.119. The SMILES string of the molecule is O=C(O)Cn1cc(CNC(=O)Nc2ccccc2Br)nn1. The molecule has 2 aromatic rings. The third kappa shape index (κ3) is 4.56. The van der Waals surface area contributed by atoms with Crippen LogP contribution in [0.2, 0.25) is 0 Å². The molecule has 0 atom stereocenters. The molecule has 0 aliphatic carbocycles. The highest BCUT2D eigenvalue weighted by molar-refractivity contribution is 9.10. The number of hydrogen-bond acceptors (Lipinski definition) is 4. The van der Waals surface area contributed by atoms with Crippen molar-refractivity contribution in [3.8, 4) is 0 Å². The van der Waals surface area contributed by atoms with E-state index in [1.807, 2.05) is 12.1 Å². The summed E-state index contributed by atoms with van der Waals surface area (Å²) < 4.78 is 1.96. The molecule has 1 aromatic carbocycles. The van der Waals surface area contributed by atoms with Crippen LogP contribution in [0.25, 0.3) is 0 Å². The highest BCUT2D eigenvalue weighted by Crippen LogP contribution is 2.20. The van der Waals surface area contributed by atoms with E-state index in [-0.39, 0.29) is 13.1 Å². The van der Waals surface area contributed by atoms with Crippen LogP contribution < -0.4 is 10.6 Å². The largest absolute Gasteiger partial charge is 0.480 e. The number of anilines is 1. The lowest BCUT2D eigenvalue weighted by molar-refractivity contribution is -0.137. The first kappa shape index (κ1) is 15.0. The normalized spacial score (nSPS) is 10.1. The predicted molar refractivity (Wildman–Crippen MR) is 77.7 cm³/mol. The Morgan fingerprint density at radius 2 is 2.10 bits per heavy atom. The van der Waals surface area contributed by atoms with Gasteiger partial charge in [0.15, 0.2) is 0 Å². The Labute approximate surface area is 128 Å². The van der Waals surface area contributed by atoms with Crippen LogP contribution in [0.3, 0.4) is 0 Å². The van der Waals surface area contributed by atoms with Crippen molar-refractivity contribution in [3.05, 3.63) is 40.6 Å². The number of nitrogens with one attached hydrogen (secondary N) is 2. The summed E-state index contributed by atoms with van der Waals surface area (Å²) in [5.41, 5.74) is 1.11. The van der Waals surface area contributed by atoms with Crippen molar-refractivity contribution in [1.29, 1.82) is 0 Å². The Morgan fingerprint density at radius 3 is 2.81 bits per heavy atom. The van der Waals surface area contributed by atoms with E-state index in [2.05, 4.69) is 36.9 Å². The van der Waals surface area contributed by atoms with E-state index < -0.39 is 12.0 Å². The van der Waals surface area contributed by atoms with Crippen molar-refractivity contribution >= 4 is 33.6 Å². The lowest BCUT2D eigenvalue weighted by Gasteiger charge is -2.07. The van der Waals surface area contributed by atoms with Gasteiger partial charge in [0.1, 0.15) is 12.2 Å². The molecule has 0 aliphatic heterocycles. The second-order valence-corrected chi connectivity index (χ2v) is 4.94. The molecular weight excluding hydrogens is 342 g/mol. The third-order valence-corrected chi connectivity index (χ3v) is 3.13. The molecule has 0 saturated heterocycles. The van der Waals surface area contributed by atoms with Crippen molar-refractivity contribution in [2.24, 2.45) is 0 Å². The molecule has 110 valence electrons. The van der Waals surface area contributed by atoms with E-state index in [0.717, 1.165) is 4.47 Å². The van der Waals surface area contributed by atoms with Crippen LogP contribution in [-0.2, 0) is 17.9 Å². The van der Waals surface area contributed by atoms with Gasteiger partial charge in [-0.15, -0.1) is 5.10 Å². The summed E-state index contributed by atoms with van der Waals surface area (Å²) >= 11 is 3.32. The minimum atomic E-state index is -1.01. The molecule has 0 saturated carbocycles. The van der Waals surface area contributed by atoms with E-state index in [4.69, 9.17) is 5.11 Å². The molecule has 1 aromatic heterocycles. The number of hydrogen-bond donors (Lipinski definition) is 3. The van der Waals surface area contributed by atoms with Crippen LogP contribution in [0.1, 0.15) is 5.69 Å². The average Bonchev–Trinajstić information content (AvgIpc) is 2.86. The van der Waals surface area contributed by atoms with Crippen LogP contribution in [0.15, 0.2) is 34.9 Å². The average molecular weight is 354 g/mol. The van der Waals surface area contributed by atoms with Gasteiger partial charge in [-0.2, -0.15) is 0 Å². The summed E-state index contributed by atoms with van der Waals surface area (Å²) in [6, 6.07) is 6.82. The molecule has 9 heteroatoms. The molecular formula is C12H12BrN5O3. The smallest absolute Gasteiger partial charge is 0.325 e. The molecule has 0 radical (unpaired) electrons. The molecule has 0 spiro atoms. The fourth-order valence-corrected chi connectivity index (χ4v) is 1.92. The first-order chi connectivity index (χ1) is 10.0. The number of aliphatic carboxylic acids is 1. The van der Waals surface area contributed by atoms with Gasteiger partial charge in [-0.25, -0.2) is 9.48 Å². The van der Waals surface area contributed by atoms with Crippen LogP contribution in [-0.4, -0.2) is 32.1 Å². The Balaban J connectivity index is 1.85. The highest BCUT2D eigenvalue weighted by atomic mass is 79.9. The van der Waals surface area contributed by atoms with Gasteiger partial charge >= 0.3 is 12.0 Å². The highest BCUT2D eigenvalue weighted by Gasteiger charge is 2.07. The summed E-state index contributed by atoms with van der Waals surface area (Å²) in [4.78, 5) is 22.2. The van der Waals surface area contributed by atoms with Gasteiger partial charge in [-0.05, 0) is 28.1 Å². The molecule has 2 amide bonds. The summed E-state index contributed by atoms with van der Waals surface area (Å²) in [6.07, 6.45) is 1.47. The summed E-state index contributed by atoms with van der Waals surface area (Å²) in [5, 5.41) is 21.3. The number of amides is 2. The maximum Gasteiger partial charge on any atom is 0.325 e. The number of carbonyl (C=O) groups is 2. The monoisotopic (exact) mass is 353 g/mol. The molecule has 21 heavy (non-hydrogen) atoms. The maximum atomic E-state index is 11.7. The maximum absolute atomic E-state index is 11.7. The van der Waals surface area contributed by atoms with Gasteiger partial charge in [0, 0.05) is 4.47 Å². The number of halogens is 1. The molecule has 0 aliphatic rings. The van der Waals surface area contributed by atoms with E-state index in [1.165, 1.54) is 10.9 Å². The first-order valence-corrected chi connectivity index (χ1v) is 6.74. The molecule has 0 unspecified atom stereocenters. The zero-order chi connectivity index (χ0) is 15.2. The van der Waals surface area contributed by atoms with Crippen LogP contribution in [0.5, 0.6) is 0 Å². The van der Waals surface area contributed by atoms with Crippen molar-refractivity contribution in [3.63, 3.8) is 0 Å². The number of urea groups is 1. The second kappa shape index (κ2) is 6.84. The number of carboxylic acid groups (broad SMARTS) is 1. The first-order valence-electron chi connectivity index (χ1n) is 5.95. The molecule has 1 heterocycles. The van der Waals surface area contributed by atoms with Crippen molar-refractivity contribution < 1.29 is 14.7 Å². The van der Waals surface area contributed by atoms with Gasteiger partial charge in [0.25, 0.3) is 0 Å². The standard InChI is InChI=1S/C12H12BrN5O3/c13-9-3-1-2-4-10(9)15-12(21)14-5-8-6-18(17-16-8)7-11(19)20/h1-4,6H,5,7H2,(H,19,20)(H2,14,15,21). The van der Waals surface area contributed by atoms with Gasteiger partial charge < -0.3 is 15.7 Å². The van der Waals surface area contributed by atoms with Crippen molar-refractivity contribution in [2.45, 2.75) is 13.1 Å². The number of benzene rings is 1. The Morgan fingerprint density at radius 1 is 1.33 bits per heavy atom. The topological polar surface area (TPSA) is 109 Å². The minimum Gasteiger partial charge on any atom is -0.480 e. The number of nitrogens with zero attached hydrogens (tertiary/aromatic N) is 3. The lowest BCUT2D eigenvalue weighted by Crippen LogP contribution is -2.28.